The highest BCUT2D eigenvalue weighted by molar-refractivity contribution is 5.78. The van der Waals surface area contributed by atoms with Gasteiger partial charge in [-0.1, -0.05) is 49.4 Å². The highest BCUT2D eigenvalue weighted by Crippen LogP contribution is 2.20. The van der Waals surface area contributed by atoms with Crippen LogP contribution in [0.3, 0.4) is 0 Å². The van der Waals surface area contributed by atoms with Gasteiger partial charge in [0.1, 0.15) is 0 Å². The van der Waals surface area contributed by atoms with Crippen molar-refractivity contribution in [2.45, 2.75) is 26.3 Å². The van der Waals surface area contributed by atoms with E-state index in [-0.39, 0.29) is 11.9 Å². The summed E-state index contributed by atoms with van der Waals surface area (Å²) in [5.74, 6) is 0.0401. The van der Waals surface area contributed by atoms with Crippen molar-refractivity contribution < 1.29 is 4.79 Å². The van der Waals surface area contributed by atoms with Crippen LogP contribution < -0.4 is 5.32 Å². The minimum atomic E-state index is 0.0401. The molecule has 0 spiro atoms. The van der Waals surface area contributed by atoms with Gasteiger partial charge in [0, 0.05) is 12.6 Å². The van der Waals surface area contributed by atoms with Gasteiger partial charge in [-0.2, -0.15) is 5.26 Å². The summed E-state index contributed by atoms with van der Waals surface area (Å²) in [7, 11) is 0. The van der Waals surface area contributed by atoms with Crippen LogP contribution in [0.5, 0.6) is 0 Å². The van der Waals surface area contributed by atoms with Crippen LogP contribution in [0, 0.1) is 11.3 Å². The van der Waals surface area contributed by atoms with Gasteiger partial charge in [0.15, 0.2) is 0 Å². The third kappa shape index (κ3) is 5.74. The summed E-state index contributed by atoms with van der Waals surface area (Å²) >= 11 is 0. The third-order valence-electron chi connectivity index (χ3n) is 4.40. The Labute approximate surface area is 150 Å². The van der Waals surface area contributed by atoms with Crippen molar-refractivity contribution in [3.8, 4) is 6.07 Å². The Balaban J connectivity index is 1.85. The van der Waals surface area contributed by atoms with Crippen molar-refractivity contribution >= 4 is 5.91 Å². The van der Waals surface area contributed by atoms with Crippen LogP contribution in [-0.2, 0) is 11.2 Å². The molecule has 0 saturated heterocycles. The van der Waals surface area contributed by atoms with E-state index in [4.69, 9.17) is 5.26 Å². The predicted molar refractivity (Wildman–Crippen MR) is 100.0 cm³/mol. The number of hydrogen-bond acceptors (Lipinski definition) is 3. The average molecular weight is 335 g/mol. The van der Waals surface area contributed by atoms with E-state index in [0.717, 1.165) is 18.5 Å². The van der Waals surface area contributed by atoms with E-state index in [1.165, 1.54) is 5.56 Å². The first-order valence-electron chi connectivity index (χ1n) is 8.68. The lowest BCUT2D eigenvalue weighted by atomic mass is 10.0. The number of carbonyl (C=O) groups excluding carboxylic acids is 1. The summed E-state index contributed by atoms with van der Waals surface area (Å²) < 4.78 is 0. The maximum Gasteiger partial charge on any atom is 0.234 e. The van der Waals surface area contributed by atoms with Crippen LogP contribution in [0.15, 0.2) is 54.6 Å². The molecule has 4 heteroatoms. The molecule has 0 aromatic heterocycles. The molecule has 0 aliphatic heterocycles. The predicted octanol–water partition coefficient (Wildman–Crippen LogP) is 3.30. The van der Waals surface area contributed by atoms with E-state index >= 15 is 0 Å². The number of amides is 1. The monoisotopic (exact) mass is 335 g/mol. The molecule has 1 amide bonds. The molecule has 2 aromatic carbocycles. The van der Waals surface area contributed by atoms with E-state index in [0.29, 0.717) is 18.7 Å². The van der Waals surface area contributed by atoms with Crippen LogP contribution in [0.1, 0.15) is 36.6 Å². The number of benzene rings is 2. The Bertz CT molecular complexity index is 704. The number of rotatable bonds is 8. The Morgan fingerprint density at radius 2 is 1.84 bits per heavy atom. The summed E-state index contributed by atoms with van der Waals surface area (Å²) in [5.41, 5.74) is 2.98. The van der Waals surface area contributed by atoms with Crippen molar-refractivity contribution in [2.24, 2.45) is 0 Å². The van der Waals surface area contributed by atoms with Gasteiger partial charge in [0.05, 0.1) is 18.2 Å². The van der Waals surface area contributed by atoms with Gasteiger partial charge in [-0.3, -0.25) is 9.69 Å². The molecular weight excluding hydrogens is 310 g/mol. The van der Waals surface area contributed by atoms with Gasteiger partial charge < -0.3 is 5.32 Å². The topological polar surface area (TPSA) is 56.1 Å². The van der Waals surface area contributed by atoms with Gasteiger partial charge in [-0.05, 0) is 43.1 Å². The lowest BCUT2D eigenvalue weighted by molar-refractivity contribution is -0.122. The summed E-state index contributed by atoms with van der Waals surface area (Å²) in [4.78, 5) is 14.4. The number of carbonyl (C=O) groups is 1. The maximum absolute atomic E-state index is 12.2. The molecule has 0 unspecified atom stereocenters. The Hall–Kier alpha value is -2.64. The summed E-state index contributed by atoms with van der Waals surface area (Å²) in [5, 5.41) is 11.9. The minimum absolute atomic E-state index is 0.0401. The fourth-order valence-corrected chi connectivity index (χ4v) is 2.80. The first-order valence-corrected chi connectivity index (χ1v) is 8.68. The van der Waals surface area contributed by atoms with E-state index < -0.39 is 0 Å². The van der Waals surface area contributed by atoms with E-state index in [1.54, 1.807) is 0 Å². The van der Waals surface area contributed by atoms with Gasteiger partial charge in [-0.25, -0.2) is 0 Å². The summed E-state index contributed by atoms with van der Waals surface area (Å²) in [6, 6.07) is 19.9. The zero-order valence-electron chi connectivity index (χ0n) is 14.9. The van der Waals surface area contributed by atoms with Crippen molar-refractivity contribution in [3.63, 3.8) is 0 Å². The second-order valence-electron chi connectivity index (χ2n) is 6.06. The Morgan fingerprint density at radius 3 is 2.44 bits per heavy atom. The molecule has 2 rings (SSSR count). The van der Waals surface area contributed by atoms with Gasteiger partial charge in [0.25, 0.3) is 0 Å². The van der Waals surface area contributed by atoms with E-state index in [1.807, 2.05) is 42.5 Å². The molecular formula is C21H25N3O. The second kappa shape index (κ2) is 9.61. The SMILES string of the molecule is CCN(CC(=O)NCCc1ccccc1)[C@H](C)c1ccc(C#N)cc1. The quantitative estimate of drug-likeness (QED) is 0.805. The Morgan fingerprint density at radius 1 is 1.16 bits per heavy atom. The van der Waals surface area contributed by atoms with E-state index in [2.05, 4.69) is 42.3 Å². The number of nitrogens with one attached hydrogen (secondary N) is 1. The van der Waals surface area contributed by atoms with Crippen LogP contribution in [0.25, 0.3) is 0 Å². The lowest BCUT2D eigenvalue weighted by Gasteiger charge is -2.27. The molecule has 25 heavy (non-hydrogen) atoms. The standard InChI is InChI=1S/C21H25N3O/c1-3-24(17(2)20-11-9-19(15-22)10-12-20)16-21(25)23-14-13-18-7-5-4-6-8-18/h4-12,17H,3,13-14,16H2,1-2H3,(H,23,25)/t17-/m1/s1. The van der Waals surface area contributed by atoms with Crippen LogP contribution in [-0.4, -0.2) is 30.4 Å². The molecule has 1 atom stereocenters. The molecule has 0 aliphatic carbocycles. The van der Waals surface area contributed by atoms with Crippen molar-refractivity contribution in [2.75, 3.05) is 19.6 Å². The first kappa shape index (κ1) is 18.7. The molecule has 0 heterocycles. The molecule has 0 saturated carbocycles. The molecule has 130 valence electrons. The first-order chi connectivity index (χ1) is 12.1. The van der Waals surface area contributed by atoms with Gasteiger partial charge >= 0.3 is 0 Å². The molecule has 2 aromatic rings. The lowest BCUT2D eigenvalue weighted by Crippen LogP contribution is -2.39. The fourth-order valence-electron chi connectivity index (χ4n) is 2.80. The van der Waals surface area contributed by atoms with Crippen molar-refractivity contribution in [1.82, 2.24) is 10.2 Å². The second-order valence-corrected chi connectivity index (χ2v) is 6.06. The van der Waals surface area contributed by atoms with Crippen molar-refractivity contribution in [1.29, 1.82) is 5.26 Å². The Kier molecular flexibility index (Phi) is 7.18. The van der Waals surface area contributed by atoms with Gasteiger partial charge in [0.2, 0.25) is 5.91 Å². The smallest absolute Gasteiger partial charge is 0.234 e. The molecule has 0 fully saturated rings. The molecule has 0 bridgehead atoms. The summed E-state index contributed by atoms with van der Waals surface area (Å²) in [6.07, 6.45) is 0.837. The average Bonchev–Trinajstić information content (AvgIpc) is 2.66. The number of hydrogen-bond donors (Lipinski definition) is 1. The zero-order valence-corrected chi connectivity index (χ0v) is 14.9. The normalized spacial score (nSPS) is 11.8. The largest absolute Gasteiger partial charge is 0.355 e. The number of nitriles is 1. The van der Waals surface area contributed by atoms with E-state index in [9.17, 15) is 4.79 Å². The van der Waals surface area contributed by atoms with Crippen LogP contribution in [0.2, 0.25) is 0 Å². The number of likely N-dealkylation sites (N-methyl/N-ethyl adjacent to an activating group) is 1. The minimum Gasteiger partial charge on any atom is -0.355 e. The van der Waals surface area contributed by atoms with Gasteiger partial charge in [-0.15, -0.1) is 0 Å². The maximum atomic E-state index is 12.2. The fraction of sp³-hybridized carbons (Fsp3) is 0.333. The number of nitrogens with zero attached hydrogens (tertiary/aromatic N) is 2. The van der Waals surface area contributed by atoms with Crippen molar-refractivity contribution in [3.05, 3.63) is 71.3 Å². The molecule has 0 radical (unpaired) electrons. The summed E-state index contributed by atoms with van der Waals surface area (Å²) in [6.45, 7) is 5.94. The van der Waals surface area contributed by atoms with Crippen LogP contribution in [0.4, 0.5) is 0 Å². The zero-order chi connectivity index (χ0) is 18.1. The molecule has 1 N–H and O–H groups in total. The third-order valence-corrected chi connectivity index (χ3v) is 4.40. The highest BCUT2D eigenvalue weighted by Gasteiger charge is 2.17. The van der Waals surface area contributed by atoms with Crippen LogP contribution >= 0.6 is 0 Å². The highest BCUT2D eigenvalue weighted by atomic mass is 16.2. The molecule has 0 aliphatic rings. The molecule has 4 nitrogen and oxygen atoms in total.